The van der Waals surface area contributed by atoms with E-state index in [1.54, 1.807) is 30.3 Å². The lowest BCUT2D eigenvalue weighted by molar-refractivity contribution is -0.138. The van der Waals surface area contributed by atoms with E-state index in [0.29, 0.717) is 11.8 Å². The van der Waals surface area contributed by atoms with Gasteiger partial charge in [0, 0.05) is 12.6 Å². The van der Waals surface area contributed by atoms with Gasteiger partial charge < -0.3 is 5.11 Å². The Morgan fingerprint density at radius 2 is 1.39 bits per heavy atom. The van der Waals surface area contributed by atoms with Gasteiger partial charge in [-0.15, -0.1) is 0 Å². The number of aromatic nitrogens is 1. The van der Waals surface area contributed by atoms with Crippen LogP contribution in [0.1, 0.15) is 55.1 Å². The van der Waals surface area contributed by atoms with Crippen LogP contribution in [-0.2, 0) is 24.3 Å². The molecule has 36 heavy (non-hydrogen) atoms. The molecule has 2 unspecified atom stereocenters. The molecule has 0 spiro atoms. The molecule has 1 aromatic heterocycles. The zero-order valence-electron chi connectivity index (χ0n) is 20.1. The van der Waals surface area contributed by atoms with Gasteiger partial charge in [-0.1, -0.05) is 63.2 Å². The van der Waals surface area contributed by atoms with Crippen LogP contribution in [-0.4, -0.2) is 16.3 Å². The summed E-state index contributed by atoms with van der Waals surface area (Å²) in [5.41, 5.74) is -2.99. The fraction of sp³-hybridized carbons (Fsp3) is 0.370. The number of hydrogen-bond donors (Lipinski definition) is 2. The highest BCUT2D eigenvalue weighted by Gasteiger charge is 2.41. The number of rotatable bonds is 7. The van der Waals surface area contributed by atoms with Gasteiger partial charge in [-0.05, 0) is 47.2 Å². The highest BCUT2D eigenvalue weighted by atomic mass is 19.4. The summed E-state index contributed by atoms with van der Waals surface area (Å²) in [4.78, 5) is 4.06. The normalized spacial score (nSPS) is 15.4. The number of pyridine rings is 1. The Hall–Kier alpha value is -2.91. The summed E-state index contributed by atoms with van der Waals surface area (Å²) < 4.78 is 80.7. The standard InChI is InChI=1S/C27H28F6N2O/c1-24(2,3)16-23(36)35-25(15-18-8-5-4-6-9-18,19-10-7-11-20(14-19)26(28,29)30)22-13-12-21(17-34-22)27(31,32)33/h4-14,17,23,35-36H,15-16H2,1-3H3. The number of halogens is 6. The van der Waals surface area contributed by atoms with E-state index in [0.717, 1.165) is 24.3 Å². The van der Waals surface area contributed by atoms with Crippen molar-refractivity contribution in [3.05, 3.63) is 101 Å². The SMILES string of the molecule is CC(C)(C)CC(O)NC(Cc1ccccc1)(c1cccc(C(F)(F)F)c1)c1ccc(C(F)(F)F)cn1. The van der Waals surface area contributed by atoms with Gasteiger partial charge in [0.15, 0.2) is 0 Å². The summed E-state index contributed by atoms with van der Waals surface area (Å²) in [5, 5.41) is 14.0. The summed E-state index contributed by atoms with van der Waals surface area (Å²) in [6.45, 7) is 5.66. The minimum atomic E-state index is -4.65. The van der Waals surface area contributed by atoms with Gasteiger partial charge in [0.1, 0.15) is 6.23 Å². The molecule has 0 amide bonds. The number of benzene rings is 2. The van der Waals surface area contributed by atoms with Crippen LogP contribution in [0.4, 0.5) is 26.3 Å². The van der Waals surface area contributed by atoms with Crippen molar-refractivity contribution >= 4 is 0 Å². The molecule has 0 aliphatic rings. The fourth-order valence-corrected chi connectivity index (χ4v) is 4.14. The van der Waals surface area contributed by atoms with E-state index < -0.39 is 35.2 Å². The second-order valence-corrected chi connectivity index (χ2v) is 10.0. The Labute approximate surface area is 206 Å². The second kappa shape index (κ2) is 10.2. The van der Waals surface area contributed by atoms with Gasteiger partial charge in [0.2, 0.25) is 0 Å². The lowest BCUT2D eigenvalue weighted by atomic mass is 9.79. The third-order valence-electron chi connectivity index (χ3n) is 5.74. The maximum atomic E-state index is 13.6. The molecule has 9 heteroatoms. The summed E-state index contributed by atoms with van der Waals surface area (Å²) >= 11 is 0. The Kier molecular flexibility index (Phi) is 7.86. The van der Waals surface area contributed by atoms with Crippen molar-refractivity contribution in [3.63, 3.8) is 0 Å². The Balaban J connectivity index is 2.26. The van der Waals surface area contributed by atoms with Crippen LogP contribution < -0.4 is 5.32 Å². The van der Waals surface area contributed by atoms with Gasteiger partial charge >= 0.3 is 12.4 Å². The predicted molar refractivity (Wildman–Crippen MR) is 125 cm³/mol. The third-order valence-corrected chi connectivity index (χ3v) is 5.74. The lowest BCUT2D eigenvalue weighted by Crippen LogP contribution is -2.52. The zero-order chi connectivity index (χ0) is 26.8. The fourth-order valence-electron chi connectivity index (χ4n) is 4.14. The van der Waals surface area contributed by atoms with Crippen LogP contribution in [0.5, 0.6) is 0 Å². The molecule has 0 radical (unpaired) electrons. The quantitative estimate of drug-likeness (QED) is 0.267. The molecular weight excluding hydrogens is 482 g/mol. The average Bonchev–Trinajstić information content (AvgIpc) is 2.77. The van der Waals surface area contributed by atoms with Crippen LogP contribution in [0.15, 0.2) is 72.9 Å². The molecular formula is C27H28F6N2O. The molecule has 0 fully saturated rings. The Bertz CT molecular complexity index is 1140. The molecule has 0 aliphatic heterocycles. The zero-order valence-corrected chi connectivity index (χ0v) is 20.1. The van der Waals surface area contributed by atoms with Gasteiger partial charge in [-0.2, -0.15) is 26.3 Å². The molecule has 0 aliphatic carbocycles. The van der Waals surface area contributed by atoms with E-state index >= 15 is 0 Å². The van der Waals surface area contributed by atoms with E-state index in [4.69, 9.17) is 0 Å². The molecule has 0 saturated heterocycles. The maximum absolute atomic E-state index is 13.6. The van der Waals surface area contributed by atoms with Crippen LogP contribution in [0, 0.1) is 5.41 Å². The number of hydrogen-bond acceptors (Lipinski definition) is 3. The number of nitrogens with one attached hydrogen (secondary N) is 1. The molecule has 1 heterocycles. The molecule has 2 N–H and O–H groups in total. The first kappa shape index (κ1) is 27.7. The van der Waals surface area contributed by atoms with Crippen molar-refractivity contribution < 1.29 is 31.4 Å². The minimum absolute atomic E-state index is 0.0225. The summed E-state index contributed by atoms with van der Waals surface area (Å²) in [5.74, 6) is 0. The molecule has 194 valence electrons. The third kappa shape index (κ3) is 6.85. The molecule has 2 atom stereocenters. The number of alkyl halides is 6. The topological polar surface area (TPSA) is 45.1 Å². The summed E-state index contributed by atoms with van der Waals surface area (Å²) in [7, 11) is 0. The predicted octanol–water partition coefficient (Wildman–Crippen LogP) is 6.95. The van der Waals surface area contributed by atoms with Crippen molar-refractivity contribution in [3.8, 4) is 0 Å². The van der Waals surface area contributed by atoms with Crippen molar-refractivity contribution in [2.24, 2.45) is 5.41 Å². The van der Waals surface area contributed by atoms with Crippen molar-refractivity contribution in [2.75, 3.05) is 0 Å². The molecule has 3 aromatic rings. The van der Waals surface area contributed by atoms with E-state index in [9.17, 15) is 31.4 Å². The van der Waals surface area contributed by atoms with E-state index in [1.807, 2.05) is 20.8 Å². The van der Waals surface area contributed by atoms with E-state index in [2.05, 4.69) is 10.3 Å². The molecule has 0 saturated carbocycles. The first-order chi connectivity index (χ1) is 16.6. The van der Waals surface area contributed by atoms with Crippen LogP contribution >= 0.6 is 0 Å². The van der Waals surface area contributed by atoms with Gasteiger partial charge in [0.25, 0.3) is 0 Å². The summed E-state index contributed by atoms with van der Waals surface area (Å²) in [6.07, 6.45) is -9.58. The second-order valence-electron chi connectivity index (χ2n) is 10.0. The lowest BCUT2D eigenvalue weighted by Gasteiger charge is -2.39. The maximum Gasteiger partial charge on any atom is 0.417 e. The van der Waals surface area contributed by atoms with Crippen LogP contribution in [0.25, 0.3) is 0 Å². The average molecular weight is 511 g/mol. The summed E-state index contributed by atoms with van der Waals surface area (Å²) in [6, 6.07) is 15.3. The van der Waals surface area contributed by atoms with Crippen molar-refractivity contribution in [1.29, 1.82) is 0 Å². The van der Waals surface area contributed by atoms with E-state index in [-0.39, 0.29) is 29.5 Å². The van der Waals surface area contributed by atoms with Crippen molar-refractivity contribution in [2.45, 2.75) is 57.7 Å². The van der Waals surface area contributed by atoms with E-state index in [1.165, 1.54) is 12.1 Å². The van der Waals surface area contributed by atoms with Gasteiger partial charge in [-0.25, -0.2) is 0 Å². The minimum Gasteiger partial charge on any atom is -0.379 e. The van der Waals surface area contributed by atoms with Crippen LogP contribution in [0.2, 0.25) is 0 Å². The number of aliphatic hydroxyl groups excluding tert-OH is 1. The Morgan fingerprint density at radius 3 is 1.92 bits per heavy atom. The highest BCUT2D eigenvalue weighted by molar-refractivity contribution is 5.41. The van der Waals surface area contributed by atoms with Gasteiger partial charge in [0.05, 0.1) is 22.4 Å². The molecule has 2 aromatic carbocycles. The number of nitrogens with zero attached hydrogens (tertiary/aromatic N) is 1. The van der Waals surface area contributed by atoms with Crippen LogP contribution in [0.3, 0.4) is 0 Å². The monoisotopic (exact) mass is 510 g/mol. The smallest absolute Gasteiger partial charge is 0.379 e. The number of aliphatic hydroxyl groups is 1. The molecule has 3 nitrogen and oxygen atoms in total. The van der Waals surface area contributed by atoms with Crippen molar-refractivity contribution in [1.82, 2.24) is 10.3 Å². The first-order valence-corrected chi connectivity index (χ1v) is 11.3. The molecule has 3 rings (SSSR count). The van der Waals surface area contributed by atoms with Gasteiger partial charge in [-0.3, -0.25) is 10.3 Å². The largest absolute Gasteiger partial charge is 0.417 e. The molecule has 0 bridgehead atoms. The first-order valence-electron chi connectivity index (χ1n) is 11.3. The highest BCUT2D eigenvalue weighted by Crippen LogP contribution is 2.38. The Morgan fingerprint density at radius 1 is 0.778 bits per heavy atom.